The van der Waals surface area contributed by atoms with Crippen molar-refractivity contribution >= 4 is 46.7 Å². The normalized spacial score (nSPS) is 20.0. The topological polar surface area (TPSA) is 50.6 Å². The lowest BCUT2D eigenvalue weighted by atomic mass is 10.2. The Morgan fingerprint density at radius 1 is 1.25 bits per heavy atom. The minimum atomic E-state index is -0.494. The molecule has 2 heterocycles. The van der Waals surface area contributed by atoms with Gasteiger partial charge in [-0.2, -0.15) is 0 Å². The summed E-state index contributed by atoms with van der Waals surface area (Å²) in [6.07, 6.45) is 1.25. The first-order chi connectivity index (χ1) is 9.63. The molecule has 1 atom stereocenters. The number of hydrogen-bond donors (Lipinski definition) is 1. The standard InChI is InChI=1S/C13H10Cl2N3OS/c14-9-3-1-8(2-4-9)7-18-13(16)17-12(19-18)11-10(15)5-6-20-11/h1-7,12H,(H2,16,17)/q+1. The lowest BCUT2D eigenvalue weighted by molar-refractivity contribution is -0.705. The summed E-state index contributed by atoms with van der Waals surface area (Å²) in [5.41, 5.74) is 6.77. The Balaban J connectivity index is 1.85. The Labute approximate surface area is 129 Å². The van der Waals surface area contributed by atoms with Crippen LogP contribution in [0.1, 0.15) is 16.7 Å². The van der Waals surface area contributed by atoms with Crippen LogP contribution in [0.2, 0.25) is 10.0 Å². The van der Waals surface area contributed by atoms with E-state index in [2.05, 4.69) is 4.99 Å². The van der Waals surface area contributed by atoms with E-state index >= 15 is 0 Å². The number of rotatable bonds is 2. The minimum absolute atomic E-state index is 0.286. The molecule has 1 aliphatic heterocycles. The smallest absolute Gasteiger partial charge is 0.306 e. The highest BCUT2D eigenvalue weighted by Gasteiger charge is 2.33. The number of guanidine groups is 1. The first kappa shape index (κ1) is 13.4. The molecular formula is C13H10Cl2N3OS+. The van der Waals surface area contributed by atoms with Gasteiger partial charge in [-0.25, -0.2) is 0 Å². The number of nitrogens with zero attached hydrogens (tertiary/aromatic N) is 2. The molecule has 0 fully saturated rings. The van der Waals surface area contributed by atoms with E-state index in [0.29, 0.717) is 10.0 Å². The van der Waals surface area contributed by atoms with Crippen LogP contribution in [0.25, 0.3) is 0 Å². The number of nitrogens with two attached hydrogens (primary N) is 1. The van der Waals surface area contributed by atoms with Gasteiger partial charge in [-0.05, 0) is 23.6 Å². The van der Waals surface area contributed by atoms with E-state index in [1.807, 2.05) is 23.6 Å². The molecule has 0 saturated carbocycles. The SMILES string of the molecule is NC1=NC(c2sccc2Cl)O[N+]1=Cc1ccc(Cl)cc1. The van der Waals surface area contributed by atoms with Crippen molar-refractivity contribution in [2.24, 2.45) is 10.7 Å². The molecule has 0 radical (unpaired) electrons. The van der Waals surface area contributed by atoms with Gasteiger partial charge in [0.15, 0.2) is 0 Å². The van der Waals surface area contributed by atoms with Crippen LogP contribution in [-0.4, -0.2) is 16.9 Å². The van der Waals surface area contributed by atoms with E-state index in [9.17, 15) is 0 Å². The van der Waals surface area contributed by atoms with Gasteiger partial charge < -0.3 is 4.84 Å². The first-order valence-electron chi connectivity index (χ1n) is 5.76. The van der Waals surface area contributed by atoms with Crippen LogP contribution in [0, 0.1) is 0 Å². The molecular weight excluding hydrogens is 317 g/mol. The van der Waals surface area contributed by atoms with Gasteiger partial charge in [-0.15, -0.1) is 11.3 Å². The van der Waals surface area contributed by atoms with E-state index < -0.39 is 6.23 Å². The second kappa shape index (κ2) is 5.44. The summed E-state index contributed by atoms with van der Waals surface area (Å²) in [7, 11) is 0. The number of aliphatic imine (C=N–C) groups is 1. The van der Waals surface area contributed by atoms with Crippen LogP contribution in [0.3, 0.4) is 0 Å². The van der Waals surface area contributed by atoms with Crippen molar-refractivity contribution in [1.29, 1.82) is 0 Å². The van der Waals surface area contributed by atoms with Gasteiger partial charge in [0.25, 0.3) is 0 Å². The van der Waals surface area contributed by atoms with E-state index in [-0.39, 0.29) is 5.96 Å². The summed E-state index contributed by atoms with van der Waals surface area (Å²) in [6, 6.07) is 9.13. The van der Waals surface area contributed by atoms with Gasteiger partial charge in [-0.3, -0.25) is 5.73 Å². The Kier molecular flexibility index (Phi) is 3.65. The third kappa shape index (κ3) is 2.65. The van der Waals surface area contributed by atoms with Crippen LogP contribution in [-0.2, 0) is 4.84 Å². The maximum Gasteiger partial charge on any atom is 0.425 e. The lowest BCUT2D eigenvalue weighted by Gasteiger charge is -2.02. The van der Waals surface area contributed by atoms with Gasteiger partial charge in [0.1, 0.15) is 11.1 Å². The van der Waals surface area contributed by atoms with E-state index in [1.165, 1.54) is 16.1 Å². The van der Waals surface area contributed by atoms with Crippen LogP contribution in [0.5, 0.6) is 0 Å². The summed E-state index contributed by atoms with van der Waals surface area (Å²) in [5.74, 6) is 0.286. The molecule has 20 heavy (non-hydrogen) atoms. The quantitative estimate of drug-likeness (QED) is 0.859. The number of hydroxylamine groups is 1. The summed E-state index contributed by atoms with van der Waals surface area (Å²) < 4.78 is 1.43. The Hall–Kier alpha value is -1.56. The van der Waals surface area contributed by atoms with Crippen molar-refractivity contribution in [2.75, 3.05) is 0 Å². The molecule has 102 valence electrons. The van der Waals surface area contributed by atoms with Crippen LogP contribution < -0.4 is 5.73 Å². The van der Waals surface area contributed by atoms with Crippen molar-refractivity contribution < 1.29 is 9.58 Å². The van der Waals surface area contributed by atoms with Crippen molar-refractivity contribution in [1.82, 2.24) is 0 Å². The number of benzene rings is 1. The van der Waals surface area contributed by atoms with Crippen LogP contribution in [0.15, 0.2) is 40.7 Å². The zero-order chi connectivity index (χ0) is 14.1. The fraction of sp³-hybridized carbons (Fsp3) is 0.0769. The highest BCUT2D eigenvalue weighted by atomic mass is 35.5. The fourth-order valence-electron chi connectivity index (χ4n) is 1.73. The third-order valence-electron chi connectivity index (χ3n) is 2.69. The van der Waals surface area contributed by atoms with Crippen LogP contribution in [0.4, 0.5) is 0 Å². The van der Waals surface area contributed by atoms with E-state index in [0.717, 1.165) is 10.4 Å². The zero-order valence-corrected chi connectivity index (χ0v) is 12.5. The molecule has 3 rings (SSSR count). The molecule has 2 N–H and O–H groups in total. The van der Waals surface area contributed by atoms with Crippen molar-refractivity contribution in [3.63, 3.8) is 0 Å². The highest BCUT2D eigenvalue weighted by molar-refractivity contribution is 7.10. The monoisotopic (exact) mass is 326 g/mol. The predicted octanol–water partition coefficient (Wildman–Crippen LogP) is 3.45. The first-order valence-corrected chi connectivity index (χ1v) is 7.39. The molecule has 1 aromatic heterocycles. The molecule has 0 saturated heterocycles. The molecule has 0 spiro atoms. The molecule has 0 bridgehead atoms. The summed E-state index contributed by atoms with van der Waals surface area (Å²) in [6.45, 7) is 0. The van der Waals surface area contributed by atoms with Gasteiger partial charge in [-0.1, -0.05) is 45.1 Å². The number of halogens is 2. The highest BCUT2D eigenvalue weighted by Crippen LogP contribution is 2.33. The van der Waals surface area contributed by atoms with Gasteiger partial charge in [0, 0.05) is 10.6 Å². The van der Waals surface area contributed by atoms with Crippen molar-refractivity contribution in [3.05, 3.63) is 56.2 Å². The maximum absolute atomic E-state index is 6.07. The molecule has 1 unspecified atom stereocenters. The minimum Gasteiger partial charge on any atom is -0.306 e. The lowest BCUT2D eigenvalue weighted by Crippen LogP contribution is -2.24. The second-order valence-electron chi connectivity index (χ2n) is 4.08. The summed E-state index contributed by atoms with van der Waals surface area (Å²) in [4.78, 5) is 10.8. The Bertz CT molecular complexity index is 694. The average Bonchev–Trinajstić information content (AvgIpc) is 2.99. The molecule has 1 aromatic carbocycles. The number of hydrogen-bond acceptors (Lipinski definition) is 4. The molecule has 1 aliphatic rings. The summed E-state index contributed by atoms with van der Waals surface area (Å²) >= 11 is 13.4. The Morgan fingerprint density at radius 3 is 2.65 bits per heavy atom. The molecule has 4 nitrogen and oxygen atoms in total. The predicted molar refractivity (Wildman–Crippen MR) is 81.7 cm³/mol. The van der Waals surface area contributed by atoms with Gasteiger partial charge in [0.05, 0.1) is 5.02 Å². The van der Waals surface area contributed by atoms with E-state index in [1.54, 1.807) is 18.3 Å². The van der Waals surface area contributed by atoms with Gasteiger partial charge in [0.2, 0.25) is 0 Å². The Morgan fingerprint density at radius 2 is 2.00 bits per heavy atom. The molecule has 2 aromatic rings. The average molecular weight is 327 g/mol. The van der Waals surface area contributed by atoms with Gasteiger partial charge >= 0.3 is 12.2 Å². The van der Waals surface area contributed by atoms with E-state index in [4.69, 9.17) is 33.8 Å². The fourth-order valence-corrected chi connectivity index (χ4v) is 2.97. The maximum atomic E-state index is 6.07. The number of thiophene rings is 1. The second-order valence-corrected chi connectivity index (χ2v) is 5.88. The third-order valence-corrected chi connectivity index (χ3v) is 4.34. The largest absolute Gasteiger partial charge is 0.425 e. The zero-order valence-electron chi connectivity index (χ0n) is 10.2. The van der Waals surface area contributed by atoms with Crippen LogP contribution >= 0.6 is 34.5 Å². The van der Waals surface area contributed by atoms with Crippen molar-refractivity contribution in [3.8, 4) is 0 Å². The van der Waals surface area contributed by atoms with Crippen molar-refractivity contribution in [2.45, 2.75) is 6.23 Å². The molecule has 7 heteroatoms. The summed E-state index contributed by atoms with van der Waals surface area (Å²) in [5, 5.41) is 3.19. The molecule has 0 aliphatic carbocycles. The molecule has 0 amide bonds.